The number of benzene rings is 2. The lowest BCUT2D eigenvalue weighted by molar-refractivity contribution is 0.0736. The highest BCUT2D eigenvalue weighted by molar-refractivity contribution is 5.95. The number of halogens is 2. The molecule has 1 saturated heterocycles. The van der Waals surface area contributed by atoms with Gasteiger partial charge in [0.2, 0.25) is 0 Å². The average Bonchev–Trinajstić information content (AvgIpc) is 3.50. The van der Waals surface area contributed by atoms with E-state index in [9.17, 15) is 13.6 Å². The molecule has 0 unspecified atom stereocenters. The highest BCUT2D eigenvalue weighted by Gasteiger charge is 2.34. The second-order valence-corrected chi connectivity index (χ2v) is 8.10. The van der Waals surface area contributed by atoms with Crippen LogP contribution in [-0.4, -0.2) is 43.4 Å². The molecule has 158 valence electrons. The number of nitrogens with one attached hydrogen (secondary N) is 1. The number of carbonyl (C=O) groups excluding carboxylic acids is 1. The van der Waals surface area contributed by atoms with E-state index in [1.54, 1.807) is 11.1 Å². The molecule has 31 heavy (non-hydrogen) atoms. The molecule has 1 N–H and O–H groups in total. The molecule has 0 saturated carbocycles. The molecule has 1 aliphatic heterocycles. The van der Waals surface area contributed by atoms with Crippen LogP contribution in [0.25, 0.3) is 22.0 Å². The Morgan fingerprint density at radius 2 is 2.06 bits per heavy atom. The van der Waals surface area contributed by atoms with Gasteiger partial charge in [-0.05, 0) is 49.1 Å². The Bertz CT molecular complexity index is 1250. The molecule has 1 fully saturated rings. The van der Waals surface area contributed by atoms with Gasteiger partial charge >= 0.3 is 0 Å². The van der Waals surface area contributed by atoms with Crippen molar-refractivity contribution in [3.05, 3.63) is 72.2 Å². The number of fused-ring (bicyclic) bond motifs is 1. The fourth-order valence-electron chi connectivity index (χ4n) is 4.45. The number of hydrogen-bond donors (Lipinski definition) is 1. The summed E-state index contributed by atoms with van der Waals surface area (Å²) in [5, 5.41) is 12.4. The van der Waals surface area contributed by atoms with E-state index >= 15 is 0 Å². The molecular formula is C23H21F2N5O. The molecule has 8 heteroatoms. The van der Waals surface area contributed by atoms with E-state index in [4.69, 9.17) is 0 Å². The third kappa shape index (κ3) is 3.48. The van der Waals surface area contributed by atoms with Crippen LogP contribution in [0, 0.1) is 17.6 Å². The van der Waals surface area contributed by atoms with Crippen LogP contribution >= 0.6 is 0 Å². The number of carbonyl (C=O) groups is 1. The molecule has 5 rings (SSSR count). The van der Waals surface area contributed by atoms with Crippen LogP contribution in [-0.2, 0) is 6.54 Å². The highest BCUT2D eigenvalue weighted by Crippen LogP contribution is 2.29. The summed E-state index contributed by atoms with van der Waals surface area (Å²) in [5.41, 5.74) is 2.87. The molecular weight excluding hydrogens is 400 g/mol. The minimum absolute atomic E-state index is 0.0605. The third-order valence-electron chi connectivity index (χ3n) is 6.01. The number of aromatic nitrogens is 4. The standard InChI is InChI=1S/C23H21F2N5O/c1-14-7-15(12-29(14)23(31)19-3-2-4-20(24)22(19)25)13-30-21-6-5-16(8-17(21)11-28-30)18-9-26-27-10-18/h2-6,8-11,14-15H,7,12-13H2,1H3,(H,26,27)/t14-,15+/m1/s1. The van der Waals surface area contributed by atoms with Crippen molar-refractivity contribution in [2.75, 3.05) is 6.54 Å². The molecule has 2 aromatic carbocycles. The fraction of sp³-hybridized carbons (Fsp3) is 0.261. The summed E-state index contributed by atoms with van der Waals surface area (Å²) in [6.45, 7) is 3.06. The van der Waals surface area contributed by atoms with E-state index in [-0.39, 0.29) is 17.5 Å². The number of hydrogen-bond acceptors (Lipinski definition) is 3. The maximum Gasteiger partial charge on any atom is 0.257 e. The highest BCUT2D eigenvalue weighted by atomic mass is 19.2. The summed E-state index contributed by atoms with van der Waals surface area (Å²) in [7, 11) is 0. The molecule has 6 nitrogen and oxygen atoms in total. The summed E-state index contributed by atoms with van der Waals surface area (Å²) in [4.78, 5) is 14.5. The Morgan fingerprint density at radius 3 is 2.87 bits per heavy atom. The SMILES string of the molecule is C[C@@H]1C[C@H](Cn2ncc3cc(-c4cn[nH]c4)ccc32)CN1C(=O)c1cccc(F)c1F. The van der Waals surface area contributed by atoms with Crippen molar-refractivity contribution >= 4 is 16.8 Å². The second kappa shape index (κ2) is 7.61. The first-order valence-electron chi connectivity index (χ1n) is 10.2. The zero-order valence-corrected chi connectivity index (χ0v) is 16.9. The van der Waals surface area contributed by atoms with Crippen LogP contribution in [0.1, 0.15) is 23.7 Å². The zero-order valence-electron chi connectivity index (χ0n) is 16.9. The minimum atomic E-state index is -1.09. The van der Waals surface area contributed by atoms with E-state index in [0.717, 1.165) is 34.5 Å². The van der Waals surface area contributed by atoms with Gasteiger partial charge in [-0.25, -0.2) is 8.78 Å². The first-order chi connectivity index (χ1) is 15.0. The van der Waals surface area contributed by atoms with Gasteiger partial charge in [0.15, 0.2) is 11.6 Å². The molecule has 2 atom stereocenters. The van der Waals surface area contributed by atoms with Gasteiger partial charge in [0.25, 0.3) is 5.91 Å². The monoisotopic (exact) mass is 421 g/mol. The lowest BCUT2D eigenvalue weighted by Crippen LogP contribution is -2.35. The lowest BCUT2D eigenvalue weighted by atomic mass is 10.1. The summed E-state index contributed by atoms with van der Waals surface area (Å²) in [5.74, 6) is -2.39. The number of nitrogens with zero attached hydrogens (tertiary/aromatic N) is 4. The third-order valence-corrected chi connectivity index (χ3v) is 6.01. The minimum Gasteiger partial charge on any atom is -0.335 e. The summed E-state index contributed by atoms with van der Waals surface area (Å²) in [6, 6.07) is 9.79. The number of H-pyrrole nitrogens is 1. The van der Waals surface area contributed by atoms with Gasteiger partial charge in [-0.15, -0.1) is 0 Å². The van der Waals surface area contributed by atoms with Crippen LogP contribution in [0.4, 0.5) is 8.78 Å². The van der Waals surface area contributed by atoms with Crippen LogP contribution in [0.3, 0.4) is 0 Å². The molecule has 0 radical (unpaired) electrons. The normalized spacial score (nSPS) is 18.7. The predicted molar refractivity (Wildman–Crippen MR) is 112 cm³/mol. The Labute approximate surface area is 177 Å². The van der Waals surface area contributed by atoms with Crippen LogP contribution in [0.15, 0.2) is 55.0 Å². The summed E-state index contributed by atoms with van der Waals surface area (Å²) in [6.07, 6.45) is 6.23. The van der Waals surface area contributed by atoms with Gasteiger partial charge < -0.3 is 4.90 Å². The molecule has 4 aromatic rings. The van der Waals surface area contributed by atoms with Crippen molar-refractivity contribution in [2.24, 2.45) is 5.92 Å². The van der Waals surface area contributed by atoms with Crippen molar-refractivity contribution in [1.82, 2.24) is 24.9 Å². The quantitative estimate of drug-likeness (QED) is 0.536. The van der Waals surface area contributed by atoms with Crippen molar-refractivity contribution in [3.8, 4) is 11.1 Å². The largest absolute Gasteiger partial charge is 0.335 e. The van der Waals surface area contributed by atoms with Crippen LogP contribution < -0.4 is 0 Å². The van der Waals surface area contributed by atoms with E-state index in [1.807, 2.05) is 36.1 Å². The predicted octanol–water partition coefficient (Wildman–Crippen LogP) is 4.26. The topological polar surface area (TPSA) is 66.8 Å². The Balaban J connectivity index is 1.34. The molecule has 1 amide bonds. The summed E-state index contributed by atoms with van der Waals surface area (Å²) < 4.78 is 29.6. The van der Waals surface area contributed by atoms with Gasteiger partial charge in [0.05, 0.1) is 23.5 Å². The molecule has 2 aromatic heterocycles. The van der Waals surface area contributed by atoms with Crippen LogP contribution in [0.2, 0.25) is 0 Å². The number of rotatable bonds is 4. The smallest absolute Gasteiger partial charge is 0.257 e. The van der Waals surface area contributed by atoms with Gasteiger partial charge in [-0.3, -0.25) is 14.6 Å². The van der Waals surface area contributed by atoms with Gasteiger partial charge in [0, 0.05) is 36.3 Å². The molecule has 0 bridgehead atoms. The molecule has 3 heterocycles. The Kier molecular flexibility index (Phi) is 4.77. The first kappa shape index (κ1) is 19.4. The van der Waals surface area contributed by atoms with Gasteiger partial charge in [-0.2, -0.15) is 10.2 Å². The summed E-state index contributed by atoms with van der Waals surface area (Å²) >= 11 is 0. The van der Waals surface area contributed by atoms with Crippen molar-refractivity contribution in [1.29, 1.82) is 0 Å². The van der Waals surface area contributed by atoms with Gasteiger partial charge in [0.1, 0.15) is 0 Å². The lowest BCUT2D eigenvalue weighted by Gasteiger charge is -2.22. The van der Waals surface area contributed by atoms with Crippen LogP contribution in [0.5, 0.6) is 0 Å². The fourth-order valence-corrected chi connectivity index (χ4v) is 4.45. The molecule has 0 aliphatic carbocycles. The average molecular weight is 421 g/mol. The van der Waals surface area contributed by atoms with Crippen molar-refractivity contribution < 1.29 is 13.6 Å². The maximum absolute atomic E-state index is 14.1. The maximum atomic E-state index is 14.1. The number of amides is 1. The van der Waals surface area contributed by atoms with Gasteiger partial charge in [-0.1, -0.05) is 12.1 Å². The number of likely N-dealkylation sites (tertiary alicyclic amines) is 1. The van der Waals surface area contributed by atoms with Crippen molar-refractivity contribution in [2.45, 2.75) is 25.9 Å². The Morgan fingerprint density at radius 1 is 1.19 bits per heavy atom. The zero-order chi connectivity index (χ0) is 21.5. The number of aromatic amines is 1. The van der Waals surface area contributed by atoms with E-state index in [0.29, 0.717) is 13.1 Å². The van der Waals surface area contributed by atoms with Crippen molar-refractivity contribution in [3.63, 3.8) is 0 Å². The molecule has 0 spiro atoms. The van der Waals surface area contributed by atoms with E-state index < -0.39 is 17.5 Å². The first-order valence-corrected chi connectivity index (χ1v) is 10.2. The van der Waals surface area contributed by atoms with E-state index in [1.165, 1.54) is 12.1 Å². The van der Waals surface area contributed by atoms with E-state index in [2.05, 4.69) is 21.4 Å². The second-order valence-electron chi connectivity index (χ2n) is 8.10. The molecule has 1 aliphatic rings. The Hall–Kier alpha value is -3.55.